The lowest BCUT2D eigenvalue weighted by Gasteiger charge is -2.33. The summed E-state index contributed by atoms with van der Waals surface area (Å²) in [6, 6.07) is 67.3. The Labute approximate surface area is 407 Å². The predicted molar refractivity (Wildman–Crippen MR) is 297 cm³/mol. The summed E-state index contributed by atoms with van der Waals surface area (Å²) < 4.78 is 19.2. The molecule has 0 aliphatic carbocycles. The summed E-state index contributed by atoms with van der Waals surface area (Å²) in [5, 5.41) is 11.9. The van der Waals surface area contributed by atoms with Gasteiger partial charge in [0, 0.05) is 54.8 Å². The maximum Gasteiger partial charge on any atom is 0.252 e. The van der Waals surface area contributed by atoms with Crippen molar-refractivity contribution in [3.8, 4) is 22.9 Å². The average molecular weight is 903 g/mol. The Bertz CT molecular complexity index is 4290. The van der Waals surface area contributed by atoms with Crippen molar-refractivity contribution in [2.75, 3.05) is 0 Å². The molecular weight excluding hydrogens is 852 g/mol. The maximum atomic E-state index is 7.50. The second kappa shape index (κ2) is 15.2. The van der Waals surface area contributed by atoms with Gasteiger partial charge in [-0.15, -0.1) is 0 Å². The van der Waals surface area contributed by atoms with Gasteiger partial charge < -0.3 is 18.3 Å². The van der Waals surface area contributed by atoms with Crippen LogP contribution in [0, 0.1) is 0 Å². The van der Waals surface area contributed by atoms with Gasteiger partial charge in [0.15, 0.2) is 0 Å². The van der Waals surface area contributed by atoms with Crippen LogP contribution in [-0.4, -0.2) is 15.8 Å². The Morgan fingerprint density at radius 2 is 1.04 bits per heavy atom. The van der Waals surface area contributed by atoms with Gasteiger partial charge in [-0.2, -0.15) is 0 Å². The lowest BCUT2D eigenvalue weighted by molar-refractivity contribution is 0.488. The Balaban J connectivity index is 1.13. The van der Waals surface area contributed by atoms with Crippen LogP contribution >= 0.6 is 0 Å². The van der Waals surface area contributed by atoms with Crippen LogP contribution < -0.4 is 21.1 Å². The first-order chi connectivity index (χ1) is 34.2. The Hall–Kier alpha value is -8.02. The third-order valence-corrected chi connectivity index (χ3v) is 15.5. The van der Waals surface area contributed by atoms with Crippen molar-refractivity contribution in [2.24, 2.45) is 0 Å². The third kappa shape index (κ3) is 5.78. The molecule has 0 saturated heterocycles. The van der Waals surface area contributed by atoms with Gasteiger partial charge in [0.1, 0.15) is 22.7 Å². The van der Waals surface area contributed by atoms with E-state index in [1.165, 1.54) is 87.3 Å². The molecule has 13 aromatic rings. The second-order valence-electron chi connectivity index (χ2n) is 20.5. The van der Waals surface area contributed by atoms with E-state index in [1.807, 2.05) is 0 Å². The minimum Gasteiger partial charge on any atom is -0.458 e. The second-order valence-corrected chi connectivity index (χ2v) is 20.5. The monoisotopic (exact) mass is 902 g/mol. The average Bonchev–Trinajstić information content (AvgIpc) is 4.04. The summed E-state index contributed by atoms with van der Waals surface area (Å²) in [5.74, 6) is 2.73. The van der Waals surface area contributed by atoms with E-state index in [0.29, 0.717) is 5.92 Å². The van der Waals surface area contributed by atoms with Gasteiger partial charge in [-0.1, -0.05) is 174 Å². The molecule has 0 unspecified atom stereocenters. The number of aromatic nitrogens is 2. The Kier molecular flexibility index (Phi) is 8.93. The van der Waals surface area contributed by atoms with Crippen molar-refractivity contribution in [2.45, 2.75) is 59.3 Å². The lowest BCUT2D eigenvalue weighted by atomic mass is 9.33. The molecule has 4 heterocycles. The first kappa shape index (κ1) is 41.0. The van der Waals surface area contributed by atoms with Gasteiger partial charge in [-0.05, 0) is 105 Å². The molecular formula is C65H51BN2O2. The van der Waals surface area contributed by atoms with E-state index >= 15 is 0 Å². The van der Waals surface area contributed by atoms with Crippen LogP contribution in [0.4, 0.5) is 0 Å². The number of ether oxygens (including phenoxy) is 1. The molecule has 10 aromatic carbocycles. The fourth-order valence-corrected chi connectivity index (χ4v) is 12.4. The van der Waals surface area contributed by atoms with Crippen molar-refractivity contribution < 1.29 is 9.15 Å². The van der Waals surface area contributed by atoms with Crippen molar-refractivity contribution in [3.63, 3.8) is 0 Å². The van der Waals surface area contributed by atoms with E-state index < -0.39 is 0 Å². The largest absolute Gasteiger partial charge is 0.458 e. The number of rotatable bonds is 6. The molecule has 0 amide bonds. The van der Waals surface area contributed by atoms with E-state index in [1.54, 1.807) is 0 Å². The van der Waals surface area contributed by atoms with Crippen LogP contribution in [0.1, 0.15) is 76.0 Å². The molecule has 70 heavy (non-hydrogen) atoms. The highest BCUT2D eigenvalue weighted by Gasteiger charge is 2.39. The molecule has 0 bridgehead atoms. The minimum atomic E-state index is -0.131. The zero-order valence-corrected chi connectivity index (χ0v) is 40.3. The predicted octanol–water partition coefficient (Wildman–Crippen LogP) is 16.1. The topological polar surface area (TPSA) is 32.2 Å². The quantitative estimate of drug-likeness (QED) is 0.156. The number of fused-ring (bicyclic) bond motifs is 16. The van der Waals surface area contributed by atoms with E-state index in [2.05, 4.69) is 233 Å². The van der Waals surface area contributed by atoms with Crippen molar-refractivity contribution in [1.82, 2.24) is 9.13 Å². The van der Waals surface area contributed by atoms with Crippen molar-refractivity contribution >= 4 is 110 Å². The molecule has 0 spiro atoms. The molecule has 1 aliphatic heterocycles. The summed E-state index contributed by atoms with van der Waals surface area (Å²) in [6.45, 7) is 13.9. The molecule has 3 aromatic heterocycles. The van der Waals surface area contributed by atoms with Gasteiger partial charge >= 0.3 is 0 Å². The molecule has 0 saturated carbocycles. The molecule has 0 N–H and O–H groups in total. The van der Waals surface area contributed by atoms with Crippen LogP contribution in [0.3, 0.4) is 0 Å². The highest BCUT2D eigenvalue weighted by atomic mass is 16.5. The van der Waals surface area contributed by atoms with Crippen LogP contribution in [0.15, 0.2) is 186 Å². The third-order valence-electron chi connectivity index (χ3n) is 15.5. The molecule has 0 radical (unpaired) electrons. The number of para-hydroxylation sites is 3. The van der Waals surface area contributed by atoms with E-state index in [0.717, 1.165) is 55.8 Å². The van der Waals surface area contributed by atoms with Crippen molar-refractivity contribution in [3.05, 3.63) is 199 Å². The number of benzene rings is 10. The maximum absolute atomic E-state index is 7.50. The first-order valence-corrected chi connectivity index (χ1v) is 25.0. The van der Waals surface area contributed by atoms with Gasteiger partial charge in [-0.3, -0.25) is 0 Å². The summed E-state index contributed by atoms with van der Waals surface area (Å²) in [5.41, 5.74) is 16.6. The zero-order valence-electron chi connectivity index (χ0n) is 40.3. The van der Waals surface area contributed by atoms with Crippen LogP contribution in [0.2, 0.25) is 0 Å². The standard InChI is InChI=1S/C65H51BN2O2/c1-37(2)41-32-49(38(3)4)63(50(33-41)39(5)6)66-52-35-58-51(45-23-15-17-27-57(45)69-58)34-59(52)70-60-36-56(44-22-12-13-24-46(44)64(60)66)68-55-31-30-54-61(62(55)48-29-28-40-18-10-11-21-43(40)65(48)68)47-25-14-16-26-53(47)67(54)42-19-8-7-9-20-42/h7-39H,1-6H3. The summed E-state index contributed by atoms with van der Waals surface area (Å²) in [4.78, 5) is 0. The van der Waals surface area contributed by atoms with Gasteiger partial charge in [-0.25, -0.2) is 0 Å². The molecule has 5 heteroatoms. The Morgan fingerprint density at radius 3 is 1.79 bits per heavy atom. The van der Waals surface area contributed by atoms with E-state index in [4.69, 9.17) is 9.15 Å². The summed E-state index contributed by atoms with van der Waals surface area (Å²) in [6.07, 6.45) is 0. The van der Waals surface area contributed by atoms with Gasteiger partial charge in [0.25, 0.3) is 6.71 Å². The molecule has 0 fully saturated rings. The zero-order chi connectivity index (χ0) is 47.1. The number of furan rings is 1. The fourth-order valence-electron chi connectivity index (χ4n) is 12.4. The highest BCUT2D eigenvalue weighted by molar-refractivity contribution is 6.99. The fraction of sp³-hybridized carbons (Fsp3) is 0.138. The Morgan fingerprint density at radius 1 is 0.414 bits per heavy atom. The molecule has 1 aliphatic rings. The SMILES string of the molecule is CC(C)c1cc(C(C)C)c(B2c3cc4oc5ccccc5c4cc3Oc3cc(-n4c5ccc6c(c7ccccc7n6-c6ccccc6)c5c5ccc6ccccc6c54)c4ccccc4c32)c(C(C)C)c1. The number of hydrogen-bond acceptors (Lipinski definition) is 2. The van der Waals surface area contributed by atoms with Gasteiger partial charge in [0.05, 0.1) is 27.8 Å². The number of hydrogen-bond donors (Lipinski definition) is 0. The van der Waals surface area contributed by atoms with Crippen molar-refractivity contribution in [1.29, 1.82) is 0 Å². The summed E-state index contributed by atoms with van der Waals surface area (Å²) in [7, 11) is 0. The van der Waals surface area contributed by atoms with E-state index in [-0.39, 0.29) is 18.5 Å². The molecule has 0 atom stereocenters. The smallest absolute Gasteiger partial charge is 0.252 e. The van der Waals surface area contributed by atoms with E-state index in [9.17, 15) is 0 Å². The highest BCUT2D eigenvalue weighted by Crippen LogP contribution is 2.46. The lowest BCUT2D eigenvalue weighted by Crippen LogP contribution is -2.57. The molecule has 14 rings (SSSR count). The van der Waals surface area contributed by atoms with Crippen LogP contribution in [-0.2, 0) is 0 Å². The van der Waals surface area contributed by atoms with Crippen LogP contribution in [0.25, 0.3) is 98.5 Å². The number of nitrogens with zero attached hydrogens (tertiary/aromatic N) is 2. The molecule has 4 nitrogen and oxygen atoms in total. The minimum absolute atomic E-state index is 0.131. The van der Waals surface area contributed by atoms with Gasteiger partial charge in [0.2, 0.25) is 0 Å². The normalized spacial score (nSPS) is 12.9. The summed E-state index contributed by atoms with van der Waals surface area (Å²) >= 11 is 0. The molecule has 336 valence electrons. The first-order valence-electron chi connectivity index (χ1n) is 25.0. The van der Waals surface area contributed by atoms with Crippen LogP contribution in [0.5, 0.6) is 11.5 Å².